The quantitative estimate of drug-likeness (QED) is 0.314. The second kappa shape index (κ2) is 9.35. The van der Waals surface area contributed by atoms with E-state index in [1.165, 1.54) is 6.21 Å². The molecule has 148 valence electrons. The fraction of sp³-hybridized carbons (Fsp3) is 0.105. The second-order valence-electron chi connectivity index (χ2n) is 5.81. The molecule has 2 aromatic rings. The van der Waals surface area contributed by atoms with Crippen LogP contribution in [0.5, 0.6) is 5.75 Å². The van der Waals surface area contributed by atoms with Gasteiger partial charge in [-0.25, -0.2) is 4.79 Å². The number of carbonyl (C=O) groups is 3. The van der Waals surface area contributed by atoms with Crippen LogP contribution in [0.3, 0.4) is 0 Å². The summed E-state index contributed by atoms with van der Waals surface area (Å²) in [7, 11) is 0. The minimum Gasteiger partial charge on any atom is -0.481 e. The van der Waals surface area contributed by atoms with E-state index < -0.39 is 23.1 Å². The molecule has 2 N–H and O–H groups in total. The van der Waals surface area contributed by atoms with Crippen molar-refractivity contribution in [2.45, 2.75) is 11.7 Å². The Balaban J connectivity index is 1.62. The Morgan fingerprint density at radius 1 is 1.24 bits per heavy atom. The highest BCUT2D eigenvalue weighted by atomic mass is 35.5. The summed E-state index contributed by atoms with van der Waals surface area (Å²) in [6, 6.07) is 13.0. The maximum atomic E-state index is 12.2. The number of benzene rings is 2. The predicted octanol–water partition coefficient (Wildman–Crippen LogP) is 2.96. The number of hydrogen-bond donors (Lipinski definition) is 2. The monoisotopic (exact) mass is 431 g/mol. The Hall–Kier alpha value is -3.17. The summed E-state index contributed by atoms with van der Waals surface area (Å²) in [5.41, 5.74) is 0.983. The lowest BCUT2D eigenvalue weighted by molar-refractivity contribution is -0.138. The van der Waals surface area contributed by atoms with Crippen molar-refractivity contribution in [3.8, 4) is 5.75 Å². The number of rotatable bonds is 6. The molecular formula is C19H14ClN3O5S. The molecule has 10 heteroatoms. The minimum absolute atomic E-state index is 0.225. The summed E-state index contributed by atoms with van der Waals surface area (Å²) >= 11 is 6.81. The highest BCUT2D eigenvalue weighted by Gasteiger charge is 2.32. The molecule has 1 heterocycles. The molecule has 1 aliphatic rings. The summed E-state index contributed by atoms with van der Waals surface area (Å²) in [5, 5.41) is 19.0. The van der Waals surface area contributed by atoms with Gasteiger partial charge in [-0.1, -0.05) is 35.5 Å². The summed E-state index contributed by atoms with van der Waals surface area (Å²) in [4.78, 5) is 34.5. The van der Waals surface area contributed by atoms with Crippen LogP contribution < -0.4 is 10.1 Å². The normalized spacial score (nSPS) is 17.5. The largest absolute Gasteiger partial charge is 0.481 e. The van der Waals surface area contributed by atoms with Crippen molar-refractivity contribution in [3.63, 3.8) is 0 Å². The Labute approximate surface area is 174 Å². The minimum atomic E-state index is -1.06. The topological polar surface area (TPSA) is 117 Å². The third kappa shape index (κ3) is 5.90. The SMILES string of the molecule is O=C(O)C[C@H]1S/C(=N\N=C/c2cccc(OC(=O)c3ccc(Cl)cc3)c2)NC1=O. The number of nitrogens with one attached hydrogen (secondary N) is 1. The van der Waals surface area contributed by atoms with Crippen molar-refractivity contribution in [2.24, 2.45) is 10.2 Å². The summed E-state index contributed by atoms with van der Waals surface area (Å²) < 4.78 is 5.33. The van der Waals surface area contributed by atoms with Gasteiger partial charge in [0.1, 0.15) is 11.0 Å². The smallest absolute Gasteiger partial charge is 0.343 e. The first-order valence-corrected chi connectivity index (χ1v) is 9.54. The van der Waals surface area contributed by atoms with Crippen LogP contribution in [0.2, 0.25) is 5.02 Å². The zero-order chi connectivity index (χ0) is 20.8. The summed E-state index contributed by atoms with van der Waals surface area (Å²) in [6.07, 6.45) is 1.13. The van der Waals surface area contributed by atoms with E-state index in [1.807, 2.05) is 0 Å². The molecule has 3 rings (SSSR count). The maximum Gasteiger partial charge on any atom is 0.343 e. The number of carbonyl (C=O) groups excluding carboxylic acids is 2. The van der Waals surface area contributed by atoms with Gasteiger partial charge in [0.15, 0.2) is 5.17 Å². The van der Waals surface area contributed by atoms with Crippen LogP contribution in [0.4, 0.5) is 0 Å². The van der Waals surface area contributed by atoms with Gasteiger partial charge >= 0.3 is 11.9 Å². The third-order valence-electron chi connectivity index (χ3n) is 3.64. The number of amidine groups is 1. The lowest BCUT2D eigenvalue weighted by Gasteiger charge is -2.05. The van der Waals surface area contributed by atoms with Crippen LogP contribution in [0.15, 0.2) is 58.7 Å². The molecule has 0 saturated carbocycles. The average Bonchev–Trinajstić information content (AvgIpc) is 3.01. The maximum absolute atomic E-state index is 12.2. The molecule has 0 aliphatic carbocycles. The molecule has 1 saturated heterocycles. The highest BCUT2D eigenvalue weighted by molar-refractivity contribution is 8.15. The van der Waals surface area contributed by atoms with Crippen LogP contribution >= 0.6 is 23.4 Å². The van der Waals surface area contributed by atoms with E-state index in [4.69, 9.17) is 21.4 Å². The van der Waals surface area contributed by atoms with Crippen molar-refractivity contribution in [3.05, 3.63) is 64.7 Å². The molecule has 0 aromatic heterocycles. The number of halogens is 1. The van der Waals surface area contributed by atoms with Crippen molar-refractivity contribution in [1.82, 2.24) is 5.32 Å². The second-order valence-corrected chi connectivity index (χ2v) is 7.44. The molecule has 2 aromatic carbocycles. The number of thioether (sulfide) groups is 1. The molecule has 0 bridgehead atoms. The average molecular weight is 432 g/mol. The van der Waals surface area contributed by atoms with Gasteiger partial charge in [0.25, 0.3) is 0 Å². The van der Waals surface area contributed by atoms with Crippen molar-refractivity contribution >= 4 is 52.6 Å². The first kappa shape index (κ1) is 20.6. The molecule has 1 fully saturated rings. The lowest BCUT2D eigenvalue weighted by atomic mass is 10.2. The molecule has 0 unspecified atom stereocenters. The van der Waals surface area contributed by atoms with Crippen molar-refractivity contribution < 1.29 is 24.2 Å². The Morgan fingerprint density at radius 2 is 2.00 bits per heavy atom. The van der Waals surface area contributed by atoms with Crippen LogP contribution in [-0.2, 0) is 9.59 Å². The molecular weight excluding hydrogens is 418 g/mol. The van der Waals surface area contributed by atoms with E-state index in [0.717, 1.165) is 11.8 Å². The number of nitrogens with zero attached hydrogens (tertiary/aromatic N) is 2. The molecule has 1 amide bonds. The van der Waals surface area contributed by atoms with Crippen LogP contribution in [0.25, 0.3) is 0 Å². The van der Waals surface area contributed by atoms with Gasteiger partial charge in [-0.3, -0.25) is 9.59 Å². The molecule has 29 heavy (non-hydrogen) atoms. The van der Waals surface area contributed by atoms with Gasteiger partial charge < -0.3 is 15.2 Å². The number of esters is 1. The Morgan fingerprint density at radius 3 is 2.72 bits per heavy atom. The number of carboxylic acids is 1. The summed E-state index contributed by atoms with van der Waals surface area (Å²) in [6.45, 7) is 0. The Bertz CT molecular complexity index is 1010. The van der Waals surface area contributed by atoms with Crippen LogP contribution in [0.1, 0.15) is 22.3 Å². The Kier molecular flexibility index (Phi) is 6.63. The molecule has 1 aliphatic heterocycles. The van der Waals surface area contributed by atoms with E-state index in [-0.39, 0.29) is 11.6 Å². The van der Waals surface area contributed by atoms with Crippen molar-refractivity contribution in [1.29, 1.82) is 0 Å². The molecule has 1 atom stereocenters. The van der Waals surface area contributed by atoms with Crippen molar-refractivity contribution in [2.75, 3.05) is 0 Å². The fourth-order valence-corrected chi connectivity index (χ4v) is 3.34. The number of ether oxygens (including phenoxy) is 1. The van der Waals surface area contributed by atoms with E-state index in [2.05, 4.69) is 15.5 Å². The first-order chi connectivity index (χ1) is 13.9. The zero-order valence-electron chi connectivity index (χ0n) is 14.7. The van der Waals surface area contributed by atoms with Gasteiger partial charge in [0, 0.05) is 5.02 Å². The fourth-order valence-electron chi connectivity index (χ4n) is 2.30. The number of aliphatic carboxylic acids is 1. The number of hydrogen-bond acceptors (Lipinski definition) is 7. The van der Waals surface area contributed by atoms with Gasteiger partial charge in [0.05, 0.1) is 18.2 Å². The van der Waals surface area contributed by atoms with E-state index >= 15 is 0 Å². The first-order valence-electron chi connectivity index (χ1n) is 8.29. The zero-order valence-corrected chi connectivity index (χ0v) is 16.3. The van der Waals surface area contributed by atoms with Crippen LogP contribution in [-0.4, -0.2) is 39.6 Å². The summed E-state index contributed by atoms with van der Waals surface area (Å²) in [5.74, 6) is -1.67. The van der Waals surface area contributed by atoms with Gasteiger partial charge in [0.2, 0.25) is 5.91 Å². The van der Waals surface area contributed by atoms with E-state index in [1.54, 1.807) is 48.5 Å². The standard InChI is InChI=1S/C19H14ClN3O5S/c20-13-6-4-12(5-7-13)18(27)28-14-3-1-2-11(8-14)10-21-23-19-22-17(26)15(29-19)9-16(24)25/h1-8,10,15H,9H2,(H,24,25)(H,22,23,26)/b21-10-/t15-/m1/s1. The van der Waals surface area contributed by atoms with Gasteiger partial charge in [-0.2, -0.15) is 5.10 Å². The van der Waals surface area contributed by atoms with Crippen LogP contribution in [0, 0.1) is 0 Å². The third-order valence-corrected chi connectivity index (χ3v) is 4.96. The molecule has 0 spiro atoms. The van der Waals surface area contributed by atoms with Gasteiger partial charge in [-0.05, 0) is 42.0 Å². The molecule has 0 radical (unpaired) electrons. The van der Waals surface area contributed by atoms with E-state index in [9.17, 15) is 14.4 Å². The number of carboxylic acid groups (broad SMARTS) is 1. The lowest BCUT2D eigenvalue weighted by Crippen LogP contribution is -2.26. The van der Waals surface area contributed by atoms with Gasteiger partial charge in [-0.15, -0.1) is 5.10 Å². The number of amides is 1. The van der Waals surface area contributed by atoms with E-state index in [0.29, 0.717) is 21.9 Å². The predicted molar refractivity (Wildman–Crippen MR) is 110 cm³/mol. The highest BCUT2D eigenvalue weighted by Crippen LogP contribution is 2.22. The molecule has 8 nitrogen and oxygen atoms in total.